The van der Waals surface area contributed by atoms with E-state index in [0.29, 0.717) is 6.42 Å². The second-order valence-corrected chi connectivity index (χ2v) is 4.44. The number of carbonyl (C=O) groups excluding carboxylic acids is 1. The highest BCUT2D eigenvalue weighted by molar-refractivity contribution is 6.03. The lowest BCUT2D eigenvalue weighted by atomic mass is 10.0. The van der Waals surface area contributed by atoms with Gasteiger partial charge in [-0.1, -0.05) is 23.4 Å². The zero-order valence-electron chi connectivity index (χ0n) is 9.49. The number of carbonyl (C=O) groups is 1. The third-order valence-corrected chi connectivity index (χ3v) is 1.85. The molecule has 0 heterocycles. The molecule has 0 spiro atoms. The molecule has 1 aliphatic rings. The molecule has 0 aliphatic heterocycles. The topological polar surface area (TPSA) is 38.7 Å². The Morgan fingerprint density at radius 1 is 1.53 bits per heavy atom. The van der Waals surface area contributed by atoms with Gasteiger partial charge >= 0.3 is 0 Å². The molecule has 0 saturated carbocycles. The van der Waals surface area contributed by atoms with E-state index in [1.54, 1.807) is 0 Å². The van der Waals surface area contributed by atoms with E-state index in [9.17, 15) is 4.79 Å². The van der Waals surface area contributed by atoms with E-state index >= 15 is 0 Å². The van der Waals surface area contributed by atoms with Crippen LogP contribution < -0.4 is 0 Å². The molecule has 0 bridgehead atoms. The third-order valence-electron chi connectivity index (χ3n) is 1.85. The summed E-state index contributed by atoms with van der Waals surface area (Å²) in [5, 5.41) is 4.09. The molecule has 0 amide bonds. The first kappa shape index (κ1) is 11.7. The first-order chi connectivity index (χ1) is 7.03. The van der Waals surface area contributed by atoms with Gasteiger partial charge in [0.2, 0.25) is 0 Å². The maximum absolute atomic E-state index is 10.5. The molecule has 0 aromatic carbocycles. The van der Waals surface area contributed by atoms with Crippen molar-refractivity contribution in [3.63, 3.8) is 0 Å². The molecule has 0 radical (unpaired) electrons. The minimum absolute atomic E-state index is 0.291. The first-order valence-corrected chi connectivity index (χ1v) is 5.07. The Morgan fingerprint density at radius 3 is 2.87 bits per heavy atom. The number of rotatable bonds is 3. The van der Waals surface area contributed by atoms with Crippen LogP contribution in [0.5, 0.6) is 0 Å². The summed E-state index contributed by atoms with van der Waals surface area (Å²) in [7, 11) is 0. The van der Waals surface area contributed by atoms with Gasteiger partial charge in [0.25, 0.3) is 0 Å². The smallest absolute Gasteiger partial charge is 0.129 e. The van der Waals surface area contributed by atoms with Crippen LogP contribution in [-0.2, 0) is 9.63 Å². The van der Waals surface area contributed by atoms with Crippen LogP contribution in [0.1, 0.15) is 33.6 Å². The van der Waals surface area contributed by atoms with E-state index in [1.807, 2.05) is 39.0 Å². The number of oxime groups is 1. The number of hydrogen-bond acceptors (Lipinski definition) is 3. The molecule has 3 nitrogen and oxygen atoms in total. The van der Waals surface area contributed by atoms with Crippen molar-refractivity contribution in [3.05, 3.63) is 23.8 Å². The highest BCUT2D eigenvalue weighted by Crippen LogP contribution is 2.15. The maximum atomic E-state index is 10.5. The highest BCUT2D eigenvalue weighted by Gasteiger charge is 2.13. The van der Waals surface area contributed by atoms with Crippen molar-refractivity contribution in [1.29, 1.82) is 0 Å². The van der Waals surface area contributed by atoms with Crippen molar-refractivity contribution in [2.45, 2.75) is 39.2 Å². The molecule has 0 aromatic rings. The Hall–Kier alpha value is -1.38. The monoisotopic (exact) mass is 207 g/mol. The van der Waals surface area contributed by atoms with Crippen molar-refractivity contribution in [2.24, 2.45) is 5.16 Å². The van der Waals surface area contributed by atoms with Crippen molar-refractivity contribution < 1.29 is 9.63 Å². The fraction of sp³-hybridized carbons (Fsp3) is 0.500. The van der Waals surface area contributed by atoms with Gasteiger partial charge in [-0.2, -0.15) is 0 Å². The van der Waals surface area contributed by atoms with Crippen molar-refractivity contribution in [1.82, 2.24) is 0 Å². The minimum Gasteiger partial charge on any atom is -0.390 e. The quantitative estimate of drug-likeness (QED) is 0.527. The number of nitrogens with zero attached hydrogens (tertiary/aromatic N) is 1. The van der Waals surface area contributed by atoms with Crippen LogP contribution in [0.3, 0.4) is 0 Å². The highest BCUT2D eigenvalue weighted by atomic mass is 16.6. The molecule has 1 rings (SSSR count). The summed E-state index contributed by atoms with van der Waals surface area (Å²) < 4.78 is 0. The van der Waals surface area contributed by atoms with Crippen molar-refractivity contribution in [3.8, 4) is 0 Å². The van der Waals surface area contributed by atoms with E-state index in [1.165, 1.54) is 0 Å². The second kappa shape index (κ2) is 4.91. The molecule has 82 valence electrons. The second-order valence-electron chi connectivity index (χ2n) is 4.44. The molecule has 0 saturated heterocycles. The molecule has 1 aliphatic carbocycles. The molecular weight excluding hydrogens is 190 g/mol. The summed E-state index contributed by atoms with van der Waals surface area (Å²) in [5.74, 6) is 0. The SMILES string of the molecule is CC(C)(C)ON=C1CC=CC=C1CC=O. The maximum Gasteiger partial charge on any atom is 0.129 e. The minimum atomic E-state index is -0.291. The lowest BCUT2D eigenvalue weighted by Gasteiger charge is -2.18. The molecule has 15 heavy (non-hydrogen) atoms. The fourth-order valence-corrected chi connectivity index (χ4v) is 1.15. The summed E-state index contributed by atoms with van der Waals surface area (Å²) in [5.41, 5.74) is 1.50. The van der Waals surface area contributed by atoms with Gasteiger partial charge in [-0.25, -0.2) is 0 Å². The Morgan fingerprint density at radius 2 is 2.27 bits per heavy atom. The Labute approximate surface area is 90.5 Å². The lowest BCUT2D eigenvalue weighted by molar-refractivity contribution is -0.107. The van der Waals surface area contributed by atoms with Crippen LogP contribution >= 0.6 is 0 Å². The fourth-order valence-electron chi connectivity index (χ4n) is 1.15. The average molecular weight is 207 g/mol. The van der Waals surface area contributed by atoms with Gasteiger partial charge in [-0.3, -0.25) is 0 Å². The predicted molar refractivity (Wildman–Crippen MR) is 60.8 cm³/mol. The van der Waals surface area contributed by atoms with Crippen LogP contribution in [0.2, 0.25) is 0 Å². The lowest BCUT2D eigenvalue weighted by Crippen LogP contribution is -2.18. The normalized spacial score (nSPS) is 18.9. The Balaban J connectivity index is 2.72. The van der Waals surface area contributed by atoms with Gasteiger partial charge in [-0.05, 0) is 26.3 Å². The molecule has 3 heteroatoms. The van der Waals surface area contributed by atoms with Crippen molar-refractivity contribution >= 4 is 12.0 Å². The summed E-state index contributed by atoms with van der Waals surface area (Å²) in [6.07, 6.45) is 7.86. The zero-order chi connectivity index (χ0) is 11.3. The van der Waals surface area contributed by atoms with Crippen LogP contribution in [0.15, 0.2) is 29.0 Å². The van der Waals surface area contributed by atoms with Crippen LogP contribution in [0.4, 0.5) is 0 Å². The van der Waals surface area contributed by atoms with E-state index in [2.05, 4.69) is 5.16 Å². The van der Waals surface area contributed by atoms with E-state index < -0.39 is 0 Å². The summed E-state index contributed by atoms with van der Waals surface area (Å²) in [6.45, 7) is 5.83. The number of allylic oxidation sites excluding steroid dienone is 4. The zero-order valence-corrected chi connectivity index (χ0v) is 9.49. The molecular formula is C12H17NO2. The number of hydrogen-bond donors (Lipinski definition) is 0. The molecule has 0 atom stereocenters. The van der Waals surface area contributed by atoms with Gasteiger partial charge in [0.05, 0.1) is 5.71 Å². The largest absolute Gasteiger partial charge is 0.390 e. The molecule has 0 fully saturated rings. The van der Waals surface area contributed by atoms with Crippen LogP contribution in [-0.4, -0.2) is 17.6 Å². The third kappa shape index (κ3) is 4.11. The van der Waals surface area contributed by atoms with Gasteiger partial charge in [0.15, 0.2) is 0 Å². The standard InChI is InChI=1S/C12H17NO2/c1-12(2,3)15-13-11-7-5-4-6-10(11)8-9-14/h4-6,9H,7-8H2,1-3H3. The molecule has 0 N–H and O–H groups in total. The average Bonchev–Trinajstić information content (AvgIpc) is 2.16. The van der Waals surface area contributed by atoms with Gasteiger partial charge in [0.1, 0.15) is 11.9 Å². The van der Waals surface area contributed by atoms with Crippen LogP contribution in [0, 0.1) is 0 Å². The molecule has 0 unspecified atom stereocenters. The Kier molecular flexibility index (Phi) is 3.83. The van der Waals surface area contributed by atoms with Gasteiger partial charge in [0, 0.05) is 12.8 Å². The van der Waals surface area contributed by atoms with E-state index in [4.69, 9.17) is 4.84 Å². The first-order valence-electron chi connectivity index (χ1n) is 5.07. The number of aldehydes is 1. The van der Waals surface area contributed by atoms with Crippen LogP contribution in [0.25, 0.3) is 0 Å². The van der Waals surface area contributed by atoms with Gasteiger partial charge in [-0.15, -0.1) is 0 Å². The van der Waals surface area contributed by atoms with Gasteiger partial charge < -0.3 is 9.63 Å². The summed E-state index contributed by atoms with van der Waals surface area (Å²) in [4.78, 5) is 15.8. The summed E-state index contributed by atoms with van der Waals surface area (Å²) >= 11 is 0. The molecule has 0 aromatic heterocycles. The Bertz CT molecular complexity index is 319. The van der Waals surface area contributed by atoms with E-state index in [-0.39, 0.29) is 5.60 Å². The predicted octanol–water partition coefficient (Wildman–Crippen LogP) is 2.63. The van der Waals surface area contributed by atoms with E-state index in [0.717, 1.165) is 24.0 Å². The van der Waals surface area contributed by atoms with Crippen molar-refractivity contribution in [2.75, 3.05) is 0 Å². The summed E-state index contributed by atoms with van der Waals surface area (Å²) in [6, 6.07) is 0.